The number of nitrogens with zero attached hydrogens (tertiary/aromatic N) is 1. The number of nitrogens with one attached hydrogen (secondary N) is 1. The van der Waals surface area contributed by atoms with Crippen LogP contribution >= 0.6 is 0 Å². The van der Waals surface area contributed by atoms with Crippen molar-refractivity contribution in [1.82, 2.24) is 9.78 Å². The van der Waals surface area contributed by atoms with E-state index in [4.69, 9.17) is 0 Å². The zero-order valence-corrected chi connectivity index (χ0v) is 13.9. The highest BCUT2D eigenvalue weighted by Gasteiger charge is 2.24. The van der Waals surface area contributed by atoms with Crippen LogP contribution in [0.4, 0.5) is 0 Å². The number of benzene rings is 1. The predicted molar refractivity (Wildman–Crippen MR) is 88.8 cm³/mol. The smallest absolute Gasteiger partial charge is 0.267 e. The van der Waals surface area contributed by atoms with E-state index in [9.17, 15) is 4.79 Å². The van der Waals surface area contributed by atoms with Crippen molar-refractivity contribution in [3.8, 4) is 11.3 Å². The molecule has 0 spiro atoms. The highest BCUT2D eigenvalue weighted by Crippen LogP contribution is 2.28. The van der Waals surface area contributed by atoms with Gasteiger partial charge in [0.1, 0.15) is 0 Å². The normalized spacial score (nSPS) is 12.1. The lowest BCUT2D eigenvalue weighted by Gasteiger charge is -2.24. The SMILES string of the molecule is Cc1ccc(-c2c(CC(C)C)c(=O)[nH]n2C(C)(C)C)cc1. The summed E-state index contributed by atoms with van der Waals surface area (Å²) in [6.45, 7) is 12.7. The molecule has 0 fully saturated rings. The molecule has 1 aromatic heterocycles. The molecule has 1 aromatic carbocycles. The average Bonchev–Trinajstić information content (AvgIpc) is 2.67. The first kappa shape index (κ1) is 15.6. The Labute approximate surface area is 127 Å². The maximum Gasteiger partial charge on any atom is 0.267 e. The van der Waals surface area contributed by atoms with E-state index in [1.54, 1.807) is 0 Å². The second kappa shape index (κ2) is 5.55. The number of H-pyrrole nitrogens is 1. The highest BCUT2D eigenvalue weighted by atomic mass is 16.1. The van der Waals surface area contributed by atoms with Crippen molar-refractivity contribution in [2.24, 2.45) is 5.92 Å². The molecule has 0 saturated heterocycles. The molecule has 0 aliphatic heterocycles. The Morgan fingerprint density at radius 3 is 2.19 bits per heavy atom. The van der Waals surface area contributed by atoms with Crippen molar-refractivity contribution in [3.05, 3.63) is 45.7 Å². The minimum absolute atomic E-state index is 0.0363. The number of aromatic nitrogens is 2. The van der Waals surface area contributed by atoms with Crippen LogP contribution < -0.4 is 5.56 Å². The zero-order valence-electron chi connectivity index (χ0n) is 13.9. The van der Waals surface area contributed by atoms with Gasteiger partial charge in [-0.25, -0.2) is 0 Å². The third kappa shape index (κ3) is 3.29. The van der Waals surface area contributed by atoms with Crippen LogP contribution in [0.3, 0.4) is 0 Å². The molecule has 0 unspecified atom stereocenters. The first-order valence-electron chi connectivity index (χ1n) is 7.61. The fourth-order valence-corrected chi connectivity index (χ4v) is 2.58. The highest BCUT2D eigenvalue weighted by molar-refractivity contribution is 5.64. The minimum Gasteiger partial charge on any atom is -0.279 e. The molecule has 1 N–H and O–H groups in total. The van der Waals surface area contributed by atoms with Crippen molar-refractivity contribution in [2.45, 2.75) is 53.5 Å². The standard InChI is InChI=1S/C18H26N2O/c1-12(2)11-15-16(14-9-7-13(3)8-10-14)20(18(4,5)6)19-17(15)21/h7-10,12H,11H2,1-6H3,(H,19,21). The second-order valence-corrected chi connectivity index (χ2v) is 7.24. The predicted octanol–water partition coefficient (Wildman–Crippen LogP) is 4.11. The molecule has 0 aliphatic carbocycles. The van der Waals surface area contributed by atoms with Crippen molar-refractivity contribution in [3.63, 3.8) is 0 Å². The molecule has 0 amide bonds. The minimum atomic E-state index is -0.158. The van der Waals surface area contributed by atoms with Gasteiger partial charge in [-0.3, -0.25) is 14.6 Å². The number of aryl methyl sites for hydroxylation is 1. The molecule has 114 valence electrons. The molecular formula is C18H26N2O. The van der Waals surface area contributed by atoms with Gasteiger partial charge in [0, 0.05) is 11.1 Å². The summed E-state index contributed by atoms with van der Waals surface area (Å²) >= 11 is 0. The Morgan fingerprint density at radius 2 is 1.71 bits per heavy atom. The lowest BCUT2D eigenvalue weighted by atomic mass is 9.98. The Morgan fingerprint density at radius 1 is 1.14 bits per heavy atom. The average molecular weight is 286 g/mol. The van der Waals surface area contributed by atoms with Gasteiger partial charge in [-0.05, 0) is 40.0 Å². The Hall–Kier alpha value is -1.77. The number of hydrogen-bond acceptors (Lipinski definition) is 1. The molecule has 0 saturated carbocycles. The van der Waals surface area contributed by atoms with Gasteiger partial charge in [0.2, 0.25) is 0 Å². The van der Waals surface area contributed by atoms with Gasteiger partial charge in [-0.1, -0.05) is 43.7 Å². The van der Waals surface area contributed by atoms with E-state index in [0.29, 0.717) is 5.92 Å². The van der Waals surface area contributed by atoms with Gasteiger partial charge < -0.3 is 0 Å². The van der Waals surface area contributed by atoms with Crippen molar-refractivity contribution >= 4 is 0 Å². The van der Waals surface area contributed by atoms with Crippen molar-refractivity contribution in [1.29, 1.82) is 0 Å². The molecule has 0 bridgehead atoms. The van der Waals surface area contributed by atoms with E-state index >= 15 is 0 Å². The summed E-state index contributed by atoms with van der Waals surface area (Å²) in [5, 5.41) is 3.03. The molecule has 2 rings (SSSR count). The third-order valence-electron chi connectivity index (χ3n) is 3.61. The monoisotopic (exact) mass is 286 g/mol. The van der Waals surface area contributed by atoms with Crippen LogP contribution in [0.1, 0.15) is 45.7 Å². The Balaban J connectivity index is 2.70. The fraction of sp³-hybridized carbons (Fsp3) is 0.500. The summed E-state index contributed by atoms with van der Waals surface area (Å²) in [5.74, 6) is 0.450. The van der Waals surface area contributed by atoms with Crippen molar-refractivity contribution < 1.29 is 0 Å². The first-order chi connectivity index (χ1) is 9.70. The Bertz CT molecular complexity index is 667. The van der Waals surface area contributed by atoms with Crippen LogP contribution in [-0.4, -0.2) is 9.78 Å². The summed E-state index contributed by atoms with van der Waals surface area (Å²) in [7, 11) is 0. The van der Waals surface area contributed by atoms with E-state index in [1.165, 1.54) is 5.56 Å². The zero-order chi connectivity index (χ0) is 15.8. The largest absolute Gasteiger partial charge is 0.279 e. The van der Waals surface area contributed by atoms with Gasteiger partial charge in [0.05, 0.1) is 11.2 Å². The van der Waals surface area contributed by atoms with Gasteiger partial charge in [0.15, 0.2) is 0 Å². The Kier molecular flexibility index (Phi) is 4.13. The number of aromatic amines is 1. The van der Waals surface area contributed by atoms with Gasteiger partial charge in [0.25, 0.3) is 5.56 Å². The molecule has 0 atom stereocenters. The molecule has 1 heterocycles. The van der Waals surface area contributed by atoms with Crippen LogP contribution in [0.2, 0.25) is 0 Å². The van der Waals surface area contributed by atoms with Gasteiger partial charge >= 0.3 is 0 Å². The third-order valence-corrected chi connectivity index (χ3v) is 3.61. The second-order valence-electron chi connectivity index (χ2n) is 7.24. The van der Waals surface area contributed by atoms with Crippen molar-refractivity contribution in [2.75, 3.05) is 0 Å². The van der Waals surface area contributed by atoms with Gasteiger partial charge in [-0.15, -0.1) is 0 Å². The fourth-order valence-electron chi connectivity index (χ4n) is 2.58. The maximum absolute atomic E-state index is 12.4. The summed E-state index contributed by atoms with van der Waals surface area (Å²) in [5.41, 5.74) is 4.13. The molecule has 3 nitrogen and oxygen atoms in total. The summed E-state index contributed by atoms with van der Waals surface area (Å²) in [6.07, 6.45) is 0.793. The van der Waals surface area contributed by atoms with E-state index in [2.05, 4.69) is 70.9 Å². The lowest BCUT2D eigenvalue weighted by Crippen LogP contribution is -2.25. The van der Waals surface area contributed by atoms with Gasteiger partial charge in [-0.2, -0.15) is 0 Å². The van der Waals surface area contributed by atoms with Crippen LogP contribution in [-0.2, 0) is 12.0 Å². The molecule has 3 heteroatoms. The van der Waals surface area contributed by atoms with E-state index in [-0.39, 0.29) is 11.1 Å². The van der Waals surface area contributed by atoms with Crippen LogP contribution in [0.15, 0.2) is 29.1 Å². The number of rotatable bonds is 3. The van der Waals surface area contributed by atoms with Crippen LogP contribution in [0.25, 0.3) is 11.3 Å². The quantitative estimate of drug-likeness (QED) is 0.906. The van der Waals surface area contributed by atoms with Crippen LogP contribution in [0, 0.1) is 12.8 Å². The summed E-state index contributed by atoms with van der Waals surface area (Å²) in [4.78, 5) is 12.4. The molecule has 21 heavy (non-hydrogen) atoms. The molecular weight excluding hydrogens is 260 g/mol. The van der Waals surface area contributed by atoms with E-state index in [1.807, 2.05) is 4.68 Å². The summed E-state index contributed by atoms with van der Waals surface area (Å²) < 4.78 is 2.01. The number of hydrogen-bond donors (Lipinski definition) is 1. The maximum atomic E-state index is 12.4. The molecule has 2 aromatic rings. The van der Waals surface area contributed by atoms with E-state index < -0.39 is 0 Å². The molecule has 0 radical (unpaired) electrons. The lowest BCUT2D eigenvalue weighted by molar-refractivity contribution is 0.358. The van der Waals surface area contributed by atoms with E-state index in [0.717, 1.165) is 23.2 Å². The summed E-state index contributed by atoms with van der Waals surface area (Å²) in [6, 6.07) is 8.39. The topological polar surface area (TPSA) is 37.8 Å². The van der Waals surface area contributed by atoms with Crippen LogP contribution in [0.5, 0.6) is 0 Å². The first-order valence-corrected chi connectivity index (χ1v) is 7.61. The molecule has 0 aliphatic rings.